The number of aliphatic hydroxyl groups is 2. The number of aromatic nitrogens is 4. The number of ether oxygens (including phenoxy) is 1. The molecule has 252 valence electrons. The number of imide groups is 1. The summed E-state index contributed by atoms with van der Waals surface area (Å²) in [6, 6.07) is 24.7. The number of imidazole rings is 1. The number of rotatable bonds is 11. The van der Waals surface area contributed by atoms with Crippen LogP contribution in [0.5, 0.6) is 0 Å². The van der Waals surface area contributed by atoms with Crippen LogP contribution < -0.4 is 5.73 Å². The number of amides is 3. The predicted octanol–water partition coefficient (Wildman–Crippen LogP) is 4.59. The van der Waals surface area contributed by atoms with Crippen molar-refractivity contribution in [3.8, 4) is 11.1 Å². The minimum Gasteiger partial charge on any atom is -0.388 e. The van der Waals surface area contributed by atoms with Gasteiger partial charge in [0.2, 0.25) is 0 Å². The molecule has 3 amide bonds. The number of nitrogens with zero attached hydrogens (tertiary/aromatic N) is 6. The summed E-state index contributed by atoms with van der Waals surface area (Å²) < 4.78 is 7.56. The molecule has 49 heavy (non-hydrogen) atoms. The van der Waals surface area contributed by atoms with Crippen molar-refractivity contribution >= 4 is 40.5 Å². The SMILES string of the molecule is Nc1ncnc2c1ncn2[C@@H]1O[C@H](CCN2C(=O)C(CCCc3ccc(-c4ccccc4)cc3)N(Cc3ccc(Cl)cc3)C2=O)C(O)[C@H]1O. The van der Waals surface area contributed by atoms with Gasteiger partial charge in [-0.15, -0.1) is 0 Å². The highest BCUT2D eigenvalue weighted by atomic mass is 35.5. The van der Waals surface area contributed by atoms with Crippen LogP contribution in [0.25, 0.3) is 22.3 Å². The molecule has 2 aliphatic heterocycles. The minimum absolute atomic E-state index is 0.00714. The van der Waals surface area contributed by atoms with Gasteiger partial charge in [-0.2, -0.15) is 0 Å². The predicted molar refractivity (Wildman–Crippen MR) is 183 cm³/mol. The van der Waals surface area contributed by atoms with Crippen molar-refractivity contribution in [2.24, 2.45) is 0 Å². The van der Waals surface area contributed by atoms with E-state index < -0.39 is 36.6 Å². The largest absolute Gasteiger partial charge is 0.388 e. The zero-order chi connectivity index (χ0) is 34.1. The summed E-state index contributed by atoms with van der Waals surface area (Å²) in [6.45, 7) is 0.254. The number of nitrogens with two attached hydrogens (primary N) is 1. The van der Waals surface area contributed by atoms with Gasteiger partial charge in [0, 0.05) is 18.1 Å². The van der Waals surface area contributed by atoms with Crippen LogP contribution in [-0.4, -0.2) is 82.4 Å². The summed E-state index contributed by atoms with van der Waals surface area (Å²) in [5, 5.41) is 22.4. The van der Waals surface area contributed by atoms with Crippen molar-refractivity contribution in [2.45, 2.75) is 62.8 Å². The second-order valence-electron chi connectivity index (χ2n) is 12.4. The van der Waals surface area contributed by atoms with Gasteiger partial charge < -0.3 is 25.6 Å². The molecule has 0 saturated carbocycles. The Kier molecular flexibility index (Phi) is 9.28. The maximum absolute atomic E-state index is 13.8. The van der Waals surface area contributed by atoms with Crippen molar-refractivity contribution in [2.75, 3.05) is 12.3 Å². The van der Waals surface area contributed by atoms with Gasteiger partial charge >= 0.3 is 6.03 Å². The van der Waals surface area contributed by atoms with E-state index in [1.165, 1.54) is 22.1 Å². The number of urea groups is 1. The third kappa shape index (κ3) is 6.60. The third-order valence-electron chi connectivity index (χ3n) is 9.31. The van der Waals surface area contributed by atoms with Gasteiger partial charge in [-0.3, -0.25) is 14.3 Å². The molecule has 5 aromatic rings. The number of hydrogen-bond donors (Lipinski definition) is 3. The molecule has 0 spiro atoms. The number of anilines is 1. The van der Waals surface area contributed by atoms with Gasteiger partial charge in [-0.05, 0) is 60.1 Å². The lowest BCUT2D eigenvalue weighted by Crippen LogP contribution is -2.37. The second-order valence-corrected chi connectivity index (χ2v) is 12.9. The summed E-state index contributed by atoms with van der Waals surface area (Å²) in [7, 11) is 0. The highest BCUT2D eigenvalue weighted by molar-refractivity contribution is 6.30. The van der Waals surface area contributed by atoms with E-state index in [9.17, 15) is 19.8 Å². The van der Waals surface area contributed by atoms with E-state index in [1.54, 1.807) is 17.0 Å². The lowest BCUT2D eigenvalue weighted by molar-refractivity contribution is -0.129. The van der Waals surface area contributed by atoms with E-state index in [0.29, 0.717) is 29.0 Å². The summed E-state index contributed by atoms with van der Waals surface area (Å²) in [5.74, 6) is -0.117. The number of nitrogen functional groups attached to an aromatic ring is 1. The van der Waals surface area contributed by atoms with Crippen molar-refractivity contribution in [1.29, 1.82) is 0 Å². The molecule has 12 nitrogen and oxygen atoms in total. The number of carbonyl (C=O) groups excluding carboxylic acids is 2. The van der Waals surface area contributed by atoms with E-state index >= 15 is 0 Å². The molecule has 0 aliphatic carbocycles. The first-order valence-corrected chi connectivity index (χ1v) is 16.6. The molecular formula is C36H36ClN7O5. The molecule has 13 heteroatoms. The summed E-state index contributed by atoms with van der Waals surface area (Å²) in [4.78, 5) is 42.8. The van der Waals surface area contributed by atoms with Gasteiger partial charge in [0.05, 0.1) is 12.4 Å². The zero-order valence-corrected chi connectivity index (χ0v) is 27.3. The van der Waals surface area contributed by atoms with E-state index in [4.69, 9.17) is 22.1 Å². The summed E-state index contributed by atoms with van der Waals surface area (Å²) in [5.41, 5.74) is 10.9. The Morgan fingerprint density at radius 2 is 1.55 bits per heavy atom. The monoisotopic (exact) mass is 681 g/mol. The van der Waals surface area contributed by atoms with E-state index in [2.05, 4.69) is 51.4 Å². The van der Waals surface area contributed by atoms with Crippen LogP contribution in [0.3, 0.4) is 0 Å². The fourth-order valence-electron chi connectivity index (χ4n) is 6.65. The number of aliphatic hydroxyl groups excluding tert-OH is 2. The van der Waals surface area contributed by atoms with Gasteiger partial charge in [0.15, 0.2) is 17.7 Å². The first kappa shape index (κ1) is 32.7. The standard InChI is InChI=1S/C36H36ClN7O5/c37-26-15-11-23(12-16-26)19-43-27(8-4-5-22-9-13-25(14-10-22)24-6-2-1-3-7-24)34(47)42(36(43)48)18-17-28-30(45)31(46)35(49-28)44-21-41-29-32(38)39-20-40-33(29)44/h1-3,6-7,9-16,20-21,27-28,30-31,35,45-46H,4-5,8,17-19H2,(H2,38,39,40)/t27?,28-,30?,31-,35-/m1/s1. The Bertz CT molecular complexity index is 1940. The van der Waals surface area contributed by atoms with Crippen molar-refractivity contribution in [3.63, 3.8) is 0 Å². The number of benzene rings is 3. The van der Waals surface area contributed by atoms with E-state index in [0.717, 1.165) is 28.7 Å². The molecule has 4 heterocycles. The van der Waals surface area contributed by atoms with E-state index in [-0.39, 0.29) is 31.2 Å². The van der Waals surface area contributed by atoms with Crippen LogP contribution in [-0.2, 0) is 22.5 Å². The molecular weight excluding hydrogens is 646 g/mol. The molecule has 2 fully saturated rings. The maximum Gasteiger partial charge on any atom is 0.327 e. The highest BCUT2D eigenvalue weighted by Crippen LogP contribution is 2.34. The zero-order valence-electron chi connectivity index (χ0n) is 26.5. The van der Waals surface area contributed by atoms with Crippen LogP contribution in [0.4, 0.5) is 10.6 Å². The smallest absolute Gasteiger partial charge is 0.327 e. The van der Waals surface area contributed by atoms with Crippen molar-refractivity contribution < 1.29 is 24.5 Å². The molecule has 2 aliphatic rings. The van der Waals surface area contributed by atoms with Crippen LogP contribution >= 0.6 is 11.6 Å². The molecule has 5 atom stereocenters. The average Bonchev–Trinajstić information content (AvgIpc) is 3.74. The lowest BCUT2D eigenvalue weighted by atomic mass is 10.00. The molecule has 0 bridgehead atoms. The van der Waals surface area contributed by atoms with Gasteiger partial charge in [-0.1, -0.05) is 78.3 Å². The van der Waals surface area contributed by atoms with Crippen molar-refractivity contribution in [1.82, 2.24) is 29.3 Å². The fourth-order valence-corrected chi connectivity index (χ4v) is 6.78. The third-order valence-corrected chi connectivity index (χ3v) is 9.56. The Labute approximate surface area is 287 Å². The molecule has 4 N–H and O–H groups in total. The van der Waals surface area contributed by atoms with Crippen LogP contribution in [0.1, 0.15) is 36.6 Å². The molecule has 3 aromatic carbocycles. The molecule has 2 saturated heterocycles. The van der Waals surface area contributed by atoms with Crippen LogP contribution in [0.2, 0.25) is 5.02 Å². The number of hydrogen-bond acceptors (Lipinski definition) is 9. The Morgan fingerprint density at radius 3 is 2.31 bits per heavy atom. The first-order valence-electron chi connectivity index (χ1n) is 16.2. The number of halogens is 1. The Hall–Kier alpha value is -4.88. The Balaban J connectivity index is 1.03. The molecule has 7 rings (SSSR count). The molecule has 2 aromatic heterocycles. The number of fused-ring (bicyclic) bond motifs is 1. The van der Waals surface area contributed by atoms with Gasteiger partial charge in [0.1, 0.15) is 30.1 Å². The summed E-state index contributed by atoms with van der Waals surface area (Å²) >= 11 is 6.10. The minimum atomic E-state index is -1.31. The topological polar surface area (TPSA) is 160 Å². The fraction of sp³-hybridized carbons (Fsp3) is 0.306. The average molecular weight is 682 g/mol. The highest BCUT2D eigenvalue weighted by Gasteiger charge is 2.47. The Morgan fingerprint density at radius 1 is 0.837 bits per heavy atom. The van der Waals surface area contributed by atoms with E-state index in [1.807, 2.05) is 30.3 Å². The first-order chi connectivity index (χ1) is 23.8. The van der Waals surface area contributed by atoms with Gasteiger partial charge in [-0.25, -0.2) is 19.7 Å². The summed E-state index contributed by atoms with van der Waals surface area (Å²) in [6.07, 6.45) is 0.311. The number of carbonyl (C=O) groups is 2. The lowest BCUT2D eigenvalue weighted by Gasteiger charge is -2.22. The quantitative estimate of drug-likeness (QED) is 0.169. The van der Waals surface area contributed by atoms with Gasteiger partial charge in [0.25, 0.3) is 5.91 Å². The number of aryl methyl sites for hydroxylation is 1. The molecule has 0 radical (unpaired) electrons. The maximum atomic E-state index is 13.8. The normalized spacial score (nSPS) is 22.5. The van der Waals surface area contributed by atoms with Crippen molar-refractivity contribution in [3.05, 3.63) is 108 Å². The van der Waals surface area contributed by atoms with Crippen LogP contribution in [0.15, 0.2) is 91.5 Å². The second kappa shape index (κ2) is 13.9. The molecule has 2 unspecified atom stereocenters. The van der Waals surface area contributed by atoms with Crippen LogP contribution in [0, 0.1) is 0 Å².